The number of imide groups is 1. The summed E-state index contributed by atoms with van der Waals surface area (Å²) in [6, 6.07) is 8.57. The van der Waals surface area contributed by atoms with E-state index in [0.29, 0.717) is 6.42 Å². The third-order valence-electron chi connectivity index (χ3n) is 3.76. The molecule has 6 nitrogen and oxygen atoms in total. The summed E-state index contributed by atoms with van der Waals surface area (Å²) < 4.78 is 0. The van der Waals surface area contributed by atoms with Crippen molar-refractivity contribution in [1.82, 2.24) is 15.1 Å². The van der Waals surface area contributed by atoms with E-state index in [1.165, 1.54) is 4.90 Å². The molecule has 1 aromatic carbocycles. The fraction of sp³-hybridized carbons (Fsp3) is 0.400. The predicted octanol–water partition coefficient (Wildman–Crippen LogP) is 0.932. The molecule has 1 atom stereocenters. The van der Waals surface area contributed by atoms with Crippen LogP contribution in [0, 0.1) is 0 Å². The van der Waals surface area contributed by atoms with Crippen LogP contribution in [-0.4, -0.2) is 48.3 Å². The van der Waals surface area contributed by atoms with E-state index in [0.717, 1.165) is 10.5 Å². The summed E-state index contributed by atoms with van der Waals surface area (Å²) in [7, 11) is 3.18. The number of carbonyl (C=O) groups is 3. The molecule has 1 aliphatic rings. The Morgan fingerprint density at radius 1 is 1.24 bits per heavy atom. The second-order valence-electron chi connectivity index (χ2n) is 5.23. The van der Waals surface area contributed by atoms with Crippen LogP contribution in [0.25, 0.3) is 0 Å². The Morgan fingerprint density at radius 3 is 2.38 bits per heavy atom. The Balaban J connectivity index is 2.33. The molecule has 1 heterocycles. The van der Waals surface area contributed by atoms with Gasteiger partial charge in [0, 0.05) is 14.1 Å². The van der Waals surface area contributed by atoms with Crippen molar-refractivity contribution in [2.45, 2.75) is 18.9 Å². The molecule has 4 amide bonds. The summed E-state index contributed by atoms with van der Waals surface area (Å²) in [4.78, 5) is 38.9. The molecule has 1 aromatic rings. The number of nitrogens with zero attached hydrogens (tertiary/aromatic N) is 2. The van der Waals surface area contributed by atoms with Crippen molar-refractivity contribution in [2.75, 3.05) is 20.6 Å². The summed E-state index contributed by atoms with van der Waals surface area (Å²) in [6.07, 6.45) is 0.425. The number of urea groups is 1. The number of nitrogens with one attached hydrogen (secondary N) is 1. The largest absolute Gasteiger partial charge is 0.347 e. The summed E-state index contributed by atoms with van der Waals surface area (Å²) in [5.74, 6) is -0.671. The molecule has 0 saturated carbocycles. The van der Waals surface area contributed by atoms with E-state index >= 15 is 0 Å². The van der Waals surface area contributed by atoms with Crippen LogP contribution >= 0.6 is 0 Å². The molecule has 1 saturated heterocycles. The molecule has 0 spiro atoms. The molecule has 2 rings (SSSR count). The number of rotatable bonds is 4. The minimum atomic E-state index is -1.08. The lowest BCUT2D eigenvalue weighted by Gasteiger charge is -2.25. The quantitative estimate of drug-likeness (QED) is 0.838. The Bertz CT molecular complexity index is 571. The van der Waals surface area contributed by atoms with E-state index in [2.05, 4.69) is 5.32 Å². The average Bonchev–Trinajstić information content (AvgIpc) is 2.73. The van der Waals surface area contributed by atoms with Gasteiger partial charge in [0.2, 0.25) is 5.91 Å². The smallest absolute Gasteiger partial charge is 0.325 e. The minimum absolute atomic E-state index is 0.244. The van der Waals surface area contributed by atoms with Crippen LogP contribution in [0.5, 0.6) is 0 Å². The van der Waals surface area contributed by atoms with E-state index in [-0.39, 0.29) is 18.4 Å². The van der Waals surface area contributed by atoms with Crippen molar-refractivity contribution >= 4 is 17.8 Å². The van der Waals surface area contributed by atoms with Crippen molar-refractivity contribution in [3.63, 3.8) is 0 Å². The van der Waals surface area contributed by atoms with Gasteiger partial charge in [0.1, 0.15) is 12.1 Å². The summed E-state index contributed by atoms with van der Waals surface area (Å²) in [6.45, 7) is 1.59. The van der Waals surface area contributed by atoms with Crippen LogP contribution in [0.2, 0.25) is 0 Å². The second kappa shape index (κ2) is 5.55. The SMILES string of the molecule is CC[C@]1(c2ccccc2)NC(=O)N(CC(=O)N(C)C)C1=O. The zero-order valence-corrected chi connectivity index (χ0v) is 12.4. The fourth-order valence-electron chi connectivity index (χ4n) is 2.41. The predicted molar refractivity (Wildman–Crippen MR) is 77.3 cm³/mol. The van der Waals surface area contributed by atoms with Crippen LogP contribution in [0.3, 0.4) is 0 Å². The number of benzene rings is 1. The maximum Gasteiger partial charge on any atom is 0.325 e. The van der Waals surface area contributed by atoms with Crippen molar-refractivity contribution in [2.24, 2.45) is 0 Å². The molecular formula is C15H19N3O3. The summed E-state index contributed by atoms with van der Waals surface area (Å²) >= 11 is 0. The van der Waals surface area contributed by atoms with Crippen molar-refractivity contribution < 1.29 is 14.4 Å². The van der Waals surface area contributed by atoms with Gasteiger partial charge in [-0.1, -0.05) is 37.3 Å². The number of hydrogen-bond acceptors (Lipinski definition) is 3. The minimum Gasteiger partial charge on any atom is -0.347 e. The highest BCUT2D eigenvalue weighted by Crippen LogP contribution is 2.32. The zero-order chi connectivity index (χ0) is 15.6. The van der Waals surface area contributed by atoms with Gasteiger partial charge in [-0.15, -0.1) is 0 Å². The first-order chi connectivity index (χ1) is 9.92. The topological polar surface area (TPSA) is 69.7 Å². The fourth-order valence-corrected chi connectivity index (χ4v) is 2.41. The first-order valence-corrected chi connectivity index (χ1v) is 6.82. The number of carbonyl (C=O) groups excluding carboxylic acids is 3. The molecular weight excluding hydrogens is 270 g/mol. The number of amides is 4. The highest BCUT2D eigenvalue weighted by molar-refractivity contribution is 6.09. The van der Waals surface area contributed by atoms with Crippen molar-refractivity contribution in [3.8, 4) is 0 Å². The van der Waals surface area contributed by atoms with Gasteiger partial charge in [0.15, 0.2) is 0 Å². The molecule has 112 valence electrons. The lowest BCUT2D eigenvalue weighted by molar-refractivity contribution is -0.138. The van der Waals surface area contributed by atoms with Gasteiger partial charge in [0.05, 0.1) is 0 Å². The van der Waals surface area contributed by atoms with Gasteiger partial charge < -0.3 is 10.2 Å². The number of likely N-dealkylation sites (N-methyl/N-ethyl adjacent to an activating group) is 1. The van der Waals surface area contributed by atoms with Crippen LogP contribution in [0.4, 0.5) is 4.79 Å². The maximum absolute atomic E-state index is 12.7. The molecule has 0 unspecified atom stereocenters. The average molecular weight is 289 g/mol. The van der Waals surface area contributed by atoms with E-state index in [1.807, 2.05) is 25.1 Å². The molecule has 0 bridgehead atoms. The molecule has 0 radical (unpaired) electrons. The van der Waals surface area contributed by atoms with Gasteiger partial charge in [-0.05, 0) is 12.0 Å². The van der Waals surface area contributed by atoms with Gasteiger partial charge >= 0.3 is 6.03 Å². The monoisotopic (exact) mass is 289 g/mol. The first-order valence-electron chi connectivity index (χ1n) is 6.82. The van der Waals surface area contributed by atoms with Gasteiger partial charge in [-0.2, -0.15) is 0 Å². The number of hydrogen-bond donors (Lipinski definition) is 1. The van der Waals surface area contributed by atoms with Crippen LogP contribution in [0.1, 0.15) is 18.9 Å². The molecule has 21 heavy (non-hydrogen) atoms. The zero-order valence-electron chi connectivity index (χ0n) is 12.4. The third kappa shape index (κ3) is 2.49. The maximum atomic E-state index is 12.7. The van der Waals surface area contributed by atoms with E-state index in [9.17, 15) is 14.4 Å². The molecule has 6 heteroatoms. The van der Waals surface area contributed by atoms with E-state index in [1.54, 1.807) is 26.2 Å². The van der Waals surface area contributed by atoms with Crippen molar-refractivity contribution in [3.05, 3.63) is 35.9 Å². The van der Waals surface area contributed by atoms with Crippen molar-refractivity contribution in [1.29, 1.82) is 0 Å². The van der Waals surface area contributed by atoms with Crippen LogP contribution in [-0.2, 0) is 15.1 Å². The van der Waals surface area contributed by atoms with Gasteiger partial charge in [0.25, 0.3) is 5.91 Å². The van der Waals surface area contributed by atoms with Gasteiger partial charge in [-0.3, -0.25) is 14.5 Å². The summed E-state index contributed by atoms with van der Waals surface area (Å²) in [5, 5.41) is 2.74. The molecule has 0 aliphatic carbocycles. The van der Waals surface area contributed by atoms with Gasteiger partial charge in [-0.25, -0.2) is 4.79 Å². The standard InChI is InChI=1S/C15H19N3O3/c1-4-15(11-8-6-5-7-9-11)13(20)18(14(21)16-15)10-12(19)17(2)3/h5-9H,4,10H2,1-3H3,(H,16,21)/t15-/m1/s1. The molecule has 1 fully saturated rings. The Morgan fingerprint density at radius 2 is 1.86 bits per heavy atom. The van der Waals surface area contributed by atoms with E-state index in [4.69, 9.17) is 0 Å². The van der Waals surface area contributed by atoms with Crippen LogP contribution in [0.15, 0.2) is 30.3 Å². The second-order valence-corrected chi connectivity index (χ2v) is 5.23. The molecule has 1 N–H and O–H groups in total. The third-order valence-corrected chi connectivity index (χ3v) is 3.76. The van der Waals surface area contributed by atoms with E-state index < -0.39 is 11.6 Å². The normalized spacial score (nSPS) is 21.4. The Hall–Kier alpha value is -2.37. The highest BCUT2D eigenvalue weighted by Gasteiger charge is 2.51. The lowest BCUT2D eigenvalue weighted by Crippen LogP contribution is -2.44. The highest BCUT2D eigenvalue weighted by atomic mass is 16.2. The molecule has 0 aromatic heterocycles. The lowest BCUT2D eigenvalue weighted by atomic mass is 9.87. The van der Waals surface area contributed by atoms with Crippen LogP contribution < -0.4 is 5.32 Å². The first kappa shape index (κ1) is 15.0. The molecule has 1 aliphatic heterocycles. The summed E-state index contributed by atoms with van der Waals surface area (Å²) in [5.41, 5.74) is -0.351. The Labute approximate surface area is 123 Å². The Kier molecular flexibility index (Phi) is 3.97.